The fraction of sp³-hybridized carbons (Fsp3) is 0.200. The van der Waals surface area contributed by atoms with Crippen molar-refractivity contribution in [3.8, 4) is 0 Å². The second kappa shape index (κ2) is 6.34. The van der Waals surface area contributed by atoms with E-state index in [2.05, 4.69) is 5.32 Å². The SMILES string of the molecule is COCc1ccccc1Nc1ccc(N)cc1C(F)F. The predicted octanol–water partition coefficient (Wildman–Crippen LogP) is 4.10. The monoisotopic (exact) mass is 278 g/mol. The van der Waals surface area contributed by atoms with Gasteiger partial charge in [-0.15, -0.1) is 0 Å². The van der Waals surface area contributed by atoms with E-state index in [1.54, 1.807) is 19.2 Å². The minimum Gasteiger partial charge on any atom is -0.399 e. The maximum atomic E-state index is 13.0. The molecule has 20 heavy (non-hydrogen) atoms. The van der Waals surface area contributed by atoms with Crippen LogP contribution in [0.3, 0.4) is 0 Å². The molecule has 0 bridgehead atoms. The van der Waals surface area contributed by atoms with Gasteiger partial charge in [0.2, 0.25) is 0 Å². The van der Waals surface area contributed by atoms with Crippen molar-refractivity contribution in [1.82, 2.24) is 0 Å². The molecular formula is C15H16F2N2O. The van der Waals surface area contributed by atoms with Crippen LogP contribution in [-0.2, 0) is 11.3 Å². The van der Waals surface area contributed by atoms with E-state index in [0.717, 1.165) is 11.3 Å². The molecule has 0 amide bonds. The third kappa shape index (κ3) is 3.24. The molecule has 106 valence electrons. The summed E-state index contributed by atoms with van der Waals surface area (Å²) in [7, 11) is 1.59. The maximum Gasteiger partial charge on any atom is 0.265 e. The molecule has 2 aromatic rings. The van der Waals surface area contributed by atoms with Gasteiger partial charge in [-0.3, -0.25) is 0 Å². The second-order valence-corrected chi connectivity index (χ2v) is 4.36. The first-order chi connectivity index (χ1) is 9.61. The molecule has 0 atom stereocenters. The Bertz CT molecular complexity index is 588. The number of anilines is 3. The summed E-state index contributed by atoms with van der Waals surface area (Å²) in [6.07, 6.45) is -2.59. The van der Waals surface area contributed by atoms with Crippen LogP contribution in [0.2, 0.25) is 0 Å². The van der Waals surface area contributed by atoms with Crippen molar-refractivity contribution in [1.29, 1.82) is 0 Å². The zero-order valence-electron chi connectivity index (χ0n) is 11.1. The van der Waals surface area contributed by atoms with Gasteiger partial charge < -0.3 is 15.8 Å². The van der Waals surface area contributed by atoms with Crippen molar-refractivity contribution >= 4 is 17.1 Å². The van der Waals surface area contributed by atoms with Gasteiger partial charge in [0.1, 0.15) is 0 Å². The molecule has 0 aliphatic carbocycles. The molecule has 0 spiro atoms. The van der Waals surface area contributed by atoms with Crippen LogP contribution in [0, 0.1) is 0 Å². The maximum absolute atomic E-state index is 13.0. The molecule has 2 aromatic carbocycles. The minimum atomic E-state index is -2.59. The molecule has 2 rings (SSSR count). The lowest BCUT2D eigenvalue weighted by Crippen LogP contribution is -2.01. The number of nitrogens with two attached hydrogens (primary N) is 1. The first kappa shape index (κ1) is 14.3. The number of halogens is 2. The molecule has 0 saturated heterocycles. The van der Waals surface area contributed by atoms with E-state index in [4.69, 9.17) is 10.5 Å². The van der Waals surface area contributed by atoms with E-state index in [9.17, 15) is 8.78 Å². The molecule has 0 aliphatic rings. The number of ether oxygens (including phenoxy) is 1. The van der Waals surface area contributed by atoms with Gasteiger partial charge >= 0.3 is 0 Å². The standard InChI is InChI=1S/C15H16F2N2O/c1-20-9-10-4-2-3-5-13(10)19-14-7-6-11(18)8-12(14)15(16)17/h2-8,15,19H,9,18H2,1H3. The first-order valence-electron chi connectivity index (χ1n) is 6.13. The molecule has 0 radical (unpaired) electrons. The van der Waals surface area contributed by atoms with Crippen LogP contribution in [-0.4, -0.2) is 7.11 Å². The van der Waals surface area contributed by atoms with E-state index in [1.807, 2.05) is 24.3 Å². The van der Waals surface area contributed by atoms with E-state index in [1.165, 1.54) is 6.07 Å². The number of benzene rings is 2. The number of alkyl halides is 2. The van der Waals surface area contributed by atoms with Crippen LogP contribution in [0.1, 0.15) is 17.6 Å². The summed E-state index contributed by atoms with van der Waals surface area (Å²) in [5.41, 5.74) is 7.73. The summed E-state index contributed by atoms with van der Waals surface area (Å²) in [6.45, 7) is 0.405. The highest BCUT2D eigenvalue weighted by Gasteiger charge is 2.14. The Morgan fingerprint density at radius 3 is 2.60 bits per heavy atom. The van der Waals surface area contributed by atoms with Gasteiger partial charge in [-0.25, -0.2) is 8.78 Å². The van der Waals surface area contributed by atoms with Crippen LogP contribution < -0.4 is 11.1 Å². The number of nitrogens with one attached hydrogen (secondary N) is 1. The Balaban J connectivity index is 2.35. The van der Waals surface area contributed by atoms with Gasteiger partial charge in [0, 0.05) is 35.3 Å². The fourth-order valence-corrected chi connectivity index (χ4v) is 1.94. The normalized spacial score (nSPS) is 10.8. The number of methoxy groups -OCH3 is 1. The molecular weight excluding hydrogens is 262 g/mol. The lowest BCUT2D eigenvalue weighted by atomic mass is 10.1. The highest BCUT2D eigenvalue weighted by Crippen LogP contribution is 2.32. The molecule has 0 saturated carbocycles. The zero-order valence-corrected chi connectivity index (χ0v) is 11.1. The van der Waals surface area contributed by atoms with Gasteiger partial charge in [0.25, 0.3) is 6.43 Å². The van der Waals surface area contributed by atoms with E-state index < -0.39 is 6.43 Å². The Hall–Kier alpha value is -2.14. The third-order valence-corrected chi connectivity index (χ3v) is 2.90. The summed E-state index contributed by atoms with van der Waals surface area (Å²) in [5, 5.41) is 3.02. The molecule has 0 heterocycles. The lowest BCUT2D eigenvalue weighted by Gasteiger charge is -2.15. The van der Waals surface area contributed by atoms with Gasteiger partial charge in [-0.2, -0.15) is 0 Å². The van der Waals surface area contributed by atoms with Crippen LogP contribution in [0.25, 0.3) is 0 Å². The number of hydrogen-bond donors (Lipinski definition) is 2. The average Bonchev–Trinajstić information content (AvgIpc) is 2.43. The summed E-state index contributed by atoms with van der Waals surface area (Å²) in [4.78, 5) is 0. The number of nitrogen functional groups attached to an aromatic ring is 1. The van der Waals surface area contributed by atoms with Crippen LogP contribution in [0.4, 0.5) is 25.8 Å². The van der Waals surface area contributed by atoms with Gasteiger partial charge in [0.05, 0.1) is 6.61 Å². The zero-order chi connectivity index (χ0) is 14.5. The van der Waals surface area contributed by atoms with Crippen molar-refractivity contribution in [3.05, 3.63) is 53.6 Å². The predicted molar refractivity (Wildman–Crippen MR) is 76.2 cm³/mol. The smallest absolute Gasteiger partial charge is 0.265 e. The Kier molecular flexibility index (Phi) is 4.53. The number of hydrogen-bond acceptors (Lipinski definition) is 3. The largest absolute Gasteiger partial charge is 0.399 e. The lowest BCUT2D eigenvalue weighted by molar-refractivity contribution is 0.152. The third-order valence-electron chi connectivity index (χ3n) is 2.90. The van der Waals surface area contributed by atoms with E-state index >= 15 is 0 Å². The molecule has 0 aromatic heterocycles. The number of rotatable bonds is 5. The fourth-order valence-electron chi connectivity index (χ4n) is 1.94. The summed E-state index contributed by atoms with van der Waals surface area (Å²) < 4.78 is 31.2. The Morgan fingerprint density at radius 2 is 1.90 bits per heavy atom. The summed E-state index contributed by atoms with van der Waals surface area (Å²) >= 11 is 0. The van der Waals surface area contributed by atoms with E-state index in [0.29, 0.717) is 18.0 Å². The second-order valence-electron chi connectivity index (χ2n) is 4.36. The van der Waals surface area contributed by atoms with Crippen molar-refractivity contribution in [2.75, 3.05) is 18.2 Å². The number of para-hydroxylation sites is 1. The topological polar surface area (TPSA) is 47.3 Å². The highest BCUT2D eigenvalue weighted by molar-refractivity contribution is 5.68. The van der Waals surface area contributed by atoms with Crippen LogP contribution in [0.15, 0.2) is 42.5 Å². The quantitative estimate of drug-likeness (QED) is 0.810. The Morgan fingerprint density at radius 1 is 1.15 bits per heavy atom. The van der Waals surface area contributed by atoms with Crippen LogP contribution in [0.5, 0.6) is 0 Å². The van der Waals surface area contributed by atoms with Gasteiger partial charge in [-0.05, 0) is 24.3 Å². The van der Waals surface area contributed by atoms with Crippen molar-refractivity contribution in [2.24, 2.45) is 0 Å². The molecule has 3 nitrogen and oxygen atoms in total. The van der Waals surface area contributed by atoms with E-state index in [-0.39, 0.29) is 5.56 Å². The van der Waals surface area contributed by atoms with Gasteiger partial charge in [-0.1, -0.05) is 18.2 Å². The molecule has 0 fully saturated rings. The molecule has 3 N–H and O–H groups in total. The average molecular weight is 278 g/mol. The van der Waals surface area contributed by atoms with Gasteiger partial charge in [0.15, 0.2) is 0 Å². The van der Waals surface area contributed by atoms with Crippen molar-refractivity contribution in [3.63, 3.8) is 0 Å². The summed E-state index contributed by atoms with van der Waals surface area (Å²) in [6, 6.07) is 11.8. The van der Waals surface area contributed by atoms with Crippen molar-refractivity contribution < 1.29 is 13.5 Å². The Labute approximate surface area is 116 Å². The first-order valence-corrected chi connectivity index (χ1v) is 6.13. The minimum absolute atomic E-state index is 0.114. The molecule has 0 unspecified atom stereocenters. The molecule has 5 heteroatoms. The van der Waals surface area contributed by atoms with Crippen LogP contribution >= 0.6 is 0 Å². The highest BCUT2D eigenvalue weighted by atomic mass is 19.3. The molecule has 0 aliphatic heterocycles. The van der Waals surface area contributed by atoms with Crippen molar-refractivity contribution in [2.45, 2.75) is 13.0 Å². The summed E-state index contributed by atoms with van der Waals surface area (Å²) in [5.74, 6) is 0.